The van der Waals surface area contributed by atoms with Crippen LogP contribution < -0.4 is 15.5 Å². The first kappa shape index (κ1) is 15.8. The van der Waals surface area contributed by atoms with Crippen LogP contribution in [0.1, 0.15) is 5.56 Å². The summed E-state index contributed by atoms with van der Waals surface area (Å²) in [6, 6.07) is 10.5. The van der Waals surface area contributed by atoms with Gasteiger partial charge in [-0.1, -0.05) is 12.1 Å². The second-order valence-corrected chi connectivity index (χ2v) is 4.61. The summed E-state index contributed by atoms with van der Waals surface area (Å²) in [7, 11) is 1.39. The minimum absolute atomic E-state index is 0.121. The van der Waals surface area contributed by atoms with E-state index in [0.717, 1.165) is 0 Å². The molecule has 0 unspecified atom stereocenters. The molecule has 0 saturated heterocycles. The minimum Gasteiger partial charge on any atom is -0.494 e. The standard InChI is InChI=1S/C15H13F2N3OS/c1-21-14-7-6-10(8-12(14)17)9-18-20-15(22)19-13-5-3-2-4-11(13)16/h2-9H,1H3,(H2,19,20,22)/b18-9-. The monoisotopic (exact) mass is 321 g/mol. The molecule has 0 atom stereocenters. The Morgan fingerprint density at radius 3 is 2.64 bits per heavy atom. The van der Waals surface area contributed by atoms with Gasteiger partial charge >= 0.3 is 0 Å². The number of benzene rings is 2. The summed E-state index contributed by atoms with van der Waals surface area (Å²) >= 11 is 4.98. The summed E-state index contributed by atoms with van der Waals surface area (Å²) < 4.78 is 31.7. The number of halogens is 2. The van der Waals surface area contributed by atoms with E-state index in [1.165, 1.54) is 31.5 Å². The third-order valence-corrected chi connectivity index (χ3v) is 2.87. The van der Waals surface area contributed by atoms with E-state index in [4.69, 9.17) is 17.0 Å². The summed E-state index contributed by atoms with van der Waals surface area (Å²) in [6.07, 6.45) is 1.39. The van der Waals surface area contributed by atoms with Crippen molar-refractivity contribution in [2.45, 2.75) is 0 Å². The van der Waals surface area contributed by atoms with Crippen LogP contribution in [0.2, 0.25) is 0 Å². The van der Waals surface area contributed by atoms with Crippen molar-refractivity contribution in [3.63, 3.8) is 0 Å². The lowest BCUT2D eigenvalue weighted by atomic mass is 10.2. The van der Waals surface area contributed by atoms with Gasteiger partial charge in [0.25, 0.3) is 0 Å². The molecular weight excluding hydrogens is 308 g/mol. The van der Waals surface area contributed by atoms with Crippen LogP contribution in [0, 0.1) is 11.6 Å². The first-order valence-electron chi connectivity index (χ1n) is 6.28. The number of hydrazone groups is 1. The van der Waals surface area contributed by atoms with Gasteiger partial charge < -0.3 is 10.1 Å². The van der Waals surface area contributed by atoms with E-state index in [0.29, 0.717) is 5.56 Å². The Bertz CT molecular complexity index is 707. The number of rotatable bonds is 4. The Balaban J connectivity index is 1.93. The molecule has 2 rings (SSSR count). The molecule has 0 aliphatic rings. The highest BCUT2D eigenvalue weighted by molar-refractivity contribution is 7.80. The van der Waals surface area contributed by atoms with Gasteiger partial charge in [0.05, 0.1) is 19.0 Å². The number of para-hydroxylation sites is 1. The molecule has 0 radical (unpaired) electrons. The number of hydrogen-bond acceptors (Lipinski definition) is 3. The minimum atomic E-state index is -0.487. The van der Waals surface area contributed by atoms with Crippen molar-refractivity contribution in [2.24, 2.45) is 5.10 Å². The Morgan fingerprint density at radius 2 is 1.95 bits per heavy atom. The molecule has 4 nitrogen and oxygen atoms in total. The van der Waals surface area contributed by atoms with Crippen LogP contribution in [0.3, 0.4) is 0 Å². The SMILES string of the molecule is COc1ccc(/C=N\NC(=S)Nc2ccccc2F)cc1F. The third-order valence-electron chi connectivity index (χ3n) is 2.68. The molecule has 0 heterocycles. The molecule has 0 saturated carbocycles. The van der Waals surface area contributed by atoms with Crippen LogP contribution in [0.5, 0.6) is 5.75 Å². The molecule has 114 valence electrons. The van der Waals surface area contributed by atoms with E-state index in [1.54, 1.807) is 24.3 Å². The number of hydrogen-bond donors (Lipinski definition) is 2. The van der Waals surface area contributed by atoms with E-state index in [2.05, 4.69) is 15.8 Å². The van der Waals surface area contributed by atoms with Crippen molar-refractivity contribution < 1.29 is 13.5 Å². The predicted molar refractivity (Wildman–Crippen MR) is 86.3 cm³/mol. The predicted octanol–water partition coefficient (Wildman–Crippen LogP) is 3.29. The number of nitrogens with zero attached hydrogens (tertiary/aromatic N) is 1. The molecule has 0 amide bonds. The largest absolute Gasteiger partial charge is 0.494 e. The zero-order chi connectivity index (χ0) is 15.9. The Kier molecular flexibility index (Phi) is 5.37. The average molecular weight is 321 g/mol. The number of anilines is 1. The molecule has 0 aliphatic carbocycles. The quantitative estimate of drug-likeness (QED) is 0.515. The zero-order valence-corrected chi connectivity index (χ0v) is 12.5. The van der Waals surface area contributed by atoms with Crippen molar-refractivity contribution in [1.29, 1.82) is 0 Å². The Morgan fingerprint density at radius 1 is 1.18 bits per heavy atom. The van der Waals surface area contributed by atoms with E-state index >= 15 is 0 Å². The van der Waals surface area contributed by atoms with Gasteiger partial charge in [-0.05, 0) is 48.1 Å². The lowest BCUT2D eigenvalue weighted by Crippen LogP contribution is -2.24. The third kappa shape index (κ3) is 4.23. The molecule has 2 N–H and O–H groups in total. The number of nitrogens with one attached hydrogen (secondary N) is 2. The van der Waals surface area contributed by atoms with Crippen LogP contribution in [-0.4, -0.2) is 18.4 Å². The van der Waals surface area contributed by atoms with Crippen LogP contribution in [-0.2, 0) is 0 Å². The van der Waals surface area contributed by atoms with Gasteiger partial charge in [0.1, 0.15) is 5.82 Å². The maximum Gasteiger partial charge on any atom is 0.191 e. The molecule has 0 fully saturated rings. The molecule has 2 aromatic rings. The average Bonchev–Trinajstić information content (AvgIpc) is 2.50. The molecule has 0 bridgehead atoms. The van der Waals surface area contributed by atoms with E-state index < -0.39 is 11.6 Å². The summed E-state index contributed by atoms with van der Waals surface area (Å²) in [6.45, 7) is 0. The van der Waals surface area contributed by atoms with Crippen LogP contribution in [0.4, 0.5) is 14.5 Å². The second kappa shape index (κ2) is 7.46. The van der Waals surface area contributed by atoms with Crippen LogP contribution in [0.25, 0.3) is 0 Å². The summed E-state index contributed by atoms with van der Waals surface area (Å²) in [5.74, 6) is -0.756. The van der Waals surface area contributed by atoms with Gasteiger partial charge in [-0.3, -0.25) is 5.43 Å². The topological polar surface area (TPSA) is 45.6 Å². The Labute approximate surface area is 131 Å². The van der Waals surface area contributed by atoms with Crippen LogP contribution in [0.15, 0.2) is 47.6 Å². The maximum atomic E-state index is 13.5. The van der Waals surface area contributed by atoms with Gasteiger partial charge in [-0.15, -0.1) is 0 Å². The summed E-state index contributed by atoms with van der Waals surface area (Å²) in [4.78, 5) is 0. The number of methoxy groups -OCH3 is 1. The molecule has 2 aromatic carbocycles. The maximum absolute atomic E-state index is 13.5. The van der Waals surface area contributed by atoms with Crippen molar-refractivity contribution in [2.75, 3.05) is 12.4 Å². The first-order valence-corrected chi connectivity index (χ1v) is 6.69. The normalized spacial score (nSPS) is 10.5. The molecule has 0 aliphatic heterocycles. The Hall–Kier alpha value is -2.54. The van der Waals surface area contributed by atoms with Gasteiger partial charge in [-0.25, -0.2) is 8.78 Å². The highest BCUT2D eigenvalue weighted by atomic mass is 32.1. The molecule has 0 spiro atoms. The van der Waals surface area contributed by atoms with Gasteiger partial charge in [0.2, 0.25) is 0 Å². The highest BCUT2D eigenvalue weighted by Crippen LogP contribution is 2.16. The van der Waals surface area contributed by atoms with Crippen molar-refractivity contribution >= 4 is 29.2 Å². The smallest absolute Gasteiger partial charge is 0.191 e. The first-order chi connectivity index (χ1) is 10.6. The second-order valence-electron chi connectivity index (χ2n) is 4.20. The van der Waals surface area contributed by atoms with E-state index in [1.807, 2.05) is 0 Å². The molecule has 22 heavy (non-hydrogen) atoms. The number of thiocarbonyl (C=S) groups is 1. The van der Waals surface area contributed by atoms with E-state index in [9.17, 15) is 8.78 Å². The lowest BCUT2D eigenvalue weighted by molar-refractivity contribution is 0.386. The van der Waals surface area contributed by atoms with Gasteiger partial charge in [0, 0.05) is 0 Å². The van der Waals surface area contributed by atoms with Gasteiger partial charge in [-0.2, -0.15) is 5.10 Å². The zero-order valence-electron chi connectivity index (χ0n) is 11.6. The molecular formula is C15H13F2N3OS. The fourth-order valence-corrected chi connectivity index (χ4v) is 1.80. The highest BCUT2D eigenvalue weighted by Gasteiger charge is 2.03. The van der Waals surface area contributed by atoms with Crippen LogP contribution >= 0.6 is 12.2 Å². The van der Waals surface area contributed by atoms with Crippen molar-refractivity contribution in [3.05, 3.63) is 59.7 Å². The van der Waals surface area contributed by atoms with Crippen molar-refractivity contribution in [3.8, 4) is 5.75 Å². The van der Waals surface area contributed by atoms with E-state index in [-0.39, 0.29) is 16.5 Å². The van der Waals surface area contributed by atoms with Crippen molar-refractivity contribution in [1.82, 2.24) is 5.43 Å². The lowest BCUT2D eigenvalue weighted by Gasteiger charge is -2.07. The van der Waals surface area contributed by atoms with Gasteiger partial charge in [0.15, 0.2) is 16.7 Å². The fourth-order valence-electron chi connectivity index (χ4n) is 1.64. The summed E-state index contributed by atoms with van der Waals surface area (Å²) in [5.41, 5.74) is 3.29. The fraction of sp³-hybridized carbons (Fsp3) is 0.0667. The summed E-state index contributed by atoms with van der Waals surface area (Å²) in [5, 5.41) is 6.64. The molecule has 0 aromatic heterocycles. The molecule has 7 heteroatoms. The number of ether oxygens (including phenoxy) is 1.